The molecule has 2 saturated heterocycles. The lowest BCUT2D eigenvalue weighted by atomic mass is 9.88. The summed E-state index contributed by atoms with van der Waals surface area (Å²) in [5.74, 6) is 0.967. The minimum atomic E-state index is 0.105. The van der Waals surface area contributed by atoms with E-state index < -0.39 is 0 Å². The maximum atomic E-state index is 12.4. The molecule has 1 amide bonds. The van der Waals surface area contributed by atoms with Crippen molar-refractivity contribution in [3.63, 3.8) is 0 Å². The van der Waals surface area contributed by atoms with E-state index in [0.29, 0.717) is 18.7 Å². The van der Waals surface area contributed by atoms with Crippen LogP contribution in [-0.2, 0) is 4.79 Å². The van der Waals surface area contributed by atoms with E-state index >= 15 is 0 Å². The molecule has 3 unspecified atom stereocenters. The van der Waals surface area contributed by atoms with Gasteiger partial charge in [0.05, 0.1) is 18.2 Å². The molecular formula is C15H20N2O2. The molecule has 1 aromatic carbocycles. The summed E-state index contributed by atoms with van der Waals surface area (Å²) in [4.78, 5) is 12.4. The number of ether oxygens (including phenoxy) is 1. The monoisotopic (exact) mass is 260 g/mol. The first-order valence-corrected chi connectivity index (χ1v) is 7.06. The van der Waals surface area contributed by atoms with Crippen molar-refractivity contribution in [1.29, 1.82) is 0 Å². The van der Waals surface area contributed by atoms with E-state index in [2.05, 4.69) is 10.6 Å². The van der Waals surface area contributed by atoms with Gasteiger partial charge < -0.3 is 15.4 Å². The van der Waals surface area contributed by atoms with Crippen LogP contribution in [0.15, 0.2) is 24.3 Å². The number of hydrogen-bond donors (Lipinski definition) is 2. The van der Waals surface area contributed by atoms with E-state index in [1.165, 1.54) is 6.42 Å². The van der Waals surface area contributed by atoms with Gasteiger partial charge in [0.1, 0.15) is 5.75 Å². The van der Waals surface area contributed by atoms with Crippen molar-refractivity contribution in [2.75, 3.05) is 11.9 Å². The maximum Gasteiger partial charge on any atom is 0.229 e. The van der Waals surface area contributed by atoms with Gasteiger partial charge in [0, 0.05) is 12.1 Å². The summed E-state index contributed by atoms with van der Waals surface area (Å²) >= 11 is 0. The van der Waals surface area contributed by atoms with Crippen LogP contribution in [0.5, 0.6) is 5.75 Å². The summed E-state index contributed by atoms with van der Waals surface area (Å²) in [6.07, 6.45) is 3.30. The molecule has 0 saturated carbocycles. The van der Waals surface area contributed by atoms with Crippen LogP contribution in [0.4, 0.5) is 5.69 Å². The van der Waals surface area contributed by atoms with E-state index in [1.54, 1.807) is 0 Å². The molecule has 3 atom stereocenters. The second-order valence-corrected chi connectivity index (χ2v) is 5.31. The van der Waals surface area contributed by atoms with Gasteiger partial charge in [-0.15, -0.1) is 0 Å². The van der Waals surface area contributed by atoms with Crippen molar-refractivity contribution >= 4 is 11.6 Å². The SMILES string of the molecule is CCOc1ccccc1NC(=O)C1CC2CCC1N2. The number of amides is 1. The molecule has 0 radical (unpaired) electrons. The highest BCUT2D eigenvalue weighted by Gasteiger charge is 2.42. The Hall–Kier alpha value is -1.55. The van der Waals surface area contributed by atoms with Gasteiger partial charge in [0.25, 0.3) is 0 Å². The molecule has 0 spiro atoms. The Morgan fingerprint density at radius 2 is 2.26 bits per heavy atom. The largest absolute Gasteiger partial charge is 0.492 e. The van der Waals surface area contributed by atoms with Crippen LogP contribution in [0.2, 0.25) is 0 Å². The third-order valence-corrected chi connectivity index (χ3v) is 4.08. The van der Waals surface area contributed by atoms with Crippen LogP contribution in [0.3, 0.4) is 0 Å². The average Bonchev–Trinajstić information content (AvgIpc) is 3.03. The molecule has 2 N–H and O–H groups in total. The lowest BCUT2D eigenvalue weighted by Crippen LogP contribution is -2.32. The van der Waals surface area contributed by atoms with Crippen molar-refractivity contribution in [3.05, 3.63) is 24.3 Å². The molecule has 2 aliphatic rings. The second-order valence-electron chi connectivity index (χ2n) is 5.31. The second kappa shape index (κ2) is 5.21. The Labute approximate surface area is 113 Å². The zero-order valence-corrected chi connectivity index (χ0v) is 11.2. The summed E-state index contributed by atoms with van der Waals surface area (Å²) in [6.45, 7) is 2.54. The van der Waals surface area contributed by atoms with Crippen LogP contribution >= 0.6 is 0 Å². The van der Waals surface area contributed by atoms with Gasteiger partial charge in [0.15, 0.2) is 0 Å². The topological polar surface area (TPSA) is 50.4 Å². The molecule has 0 aromatic heterocycles. The standard InChI is InChI=1S/C15H20N2O2/c1-2-19-14-6-4-3-5-13(14)17-15(18)11-9-10-7-8-12(11)16-10/h3-6,10-12,16H,2,7-9H2,1H3,(H,17,18). The first kappa shape index (κ1) is 12.5. The lowest BCUT2D eigenvalue weighted by molar-refractivity contribution is -0.120. The Balaban J connectivity index is 1.69. The number of carbonyl (C=O) groups is 1. The van der Waals surface area contributed by atoms with Gasteiger partial charge in [0.2, 0.25) is 5.91 Å². The fourth-order valence-corrected chi connectivity index (χ4v) is 3.19. The molecule has 19 heavy (non-hydrogen) atoms. The number of hydrogen-bond acceptors (Lipinski definition) is 3. The predicted molar refractivity (Wildman–Crippen MR) is 74.3 cm³/mol. The molecule has 1 aromatic rings. The summed E-state index contributed by atoms with van der Waals surface area (Å²) < 4.78 is 5.53. The Morgan fingerprint density at radius 3 is 2.95 bits per heavy atom. The molecular weight excluding hydrogens is 240 g/mol. The fraction of sp³-hybridized carbons (Fsp3) is 0.533. The molecule has 102 valence electrons. The van der Waals surface area contributed by atoms with Crippen LogP contribution in [0.25, 0.3) is 0 Å². The minimum absolute atomic E-state index is 0.105. The quantitative estimate of drug-likeness (QED) is 0.872. The zero-order valence-electron chi connectivity index (χ0n) is 11.2. The molecule has 2 heterocycles. The van der Waals surface area contributed by atoms with Crippen molar-refractivity contribution < 1.29 is 9.53 Å². The van der Waals surface area contributed by atoms with Crippen molar-refractivity contribution in [2.24, 2.45) is 5.92 Å². The van der Waals surface area contributed by atoms with Crippen molar-refractivity contribution in [1.82, 2.24) is 5.32 Å². The highest BCUT2D eigenvalue weighted by molar-refractivity contribution is 5.94. The van der Waals surface area contributed by atoms with Crippen molar-refractivity contribution in [2.45, 2.75) is 38.3 Å². The summed E-state index contributed by atoms with van der Waals surface area (Å²) in [5, 5.41) is 6.51. The number of para-hydroxylation sites is 2. The van der Waals surface area contributed by atoms with Crippen LogP contribution in [-0.4, -0.2) is 24.6 Å². The lowest BCUT2D eigenvalue weighted by Gasteiger charge is -2.20. The van der Waals surface area contributed by atoms with Crippen LogP contribution in [0, 0.1) is 5.92 Å². The molecule has 2 aliphatic heterocycles. The van der Waals surface area contributed by atoms with Gasteiger partial charge in [-0.1, -0.05) is 12.1 Å². The van der Waals surface area contributed by atoms with Gasteiger partial charge in [-0.3, -0.25) is 4.79 Å². The minimum Gasteiger partial charge on any atom is -0.492 e. The zero-order chi connectivity index (χ0) is 13.2. The van der Waals surface area contributed by atoms with Crippen LogP contribution < -0.4 is 15.4 Å². The van der Waals surface area contributed by atoms with Crippen molar-refractivity contribution in [3.8, 4) is 5.75 Å². The van der Waals surface area contributed by atoms with E-state index in [1.807, 2.05) is 31.2 Å². The summed E-state index contributed by atoms with van der Waals surface area (Å²) in [7, 11) is 0. The normalized spacial score (nSPS) is 28.4. The van der Waals surface area contributed by atoms with Gasteiger partial charge >= 0.3 is 0 Å². The number of rotatable bonds is 4. The van der Waals surface area contributed by atoms with Gasteiger partial charge in [-0.25, -0.2) is 0 Å². The van der Waals surface area contributed by atoms with E-state index in [4.69, 9.17) is 4.74 Å². The summed E-state index contributed by atoms with van der Waals surface area (Å²) in [5.41, 5.74) is 0.775. The smallest absolute Gasteiger partial charge is 0.229 e. The van der Waals surface area contributed by atoms with E-state index in [-0.39, 0.29) is 11.8 Å². The van der Waals surface area contributed by atoms with Crippen LogP contribution in [0.1, 0.15) is 26.2 Å². The molecule has 2 bridgehead atoms. The van der Waals surface area contributed by atoms with Gasteiger partial charge in [-0.2, -0.15) is 0 Å². The maximum absolute atomic E-state index is 12.4. The van der Waals surface area contributed by atoms with E-state index in [9.17, 15) is 4.79 Å². The number of anilines is 1. The first-order chi connectivity index (χ1) is 9.28. The fourth-order valence-electron chi connectivity index (χ4n) is 3.19. The molecule has 2 fully saturated rings. The van der Waals surface area contributed by atoms with E-state index in [0.717, 1.165) is 24.3 Å². The predicted octanol–water partition coefficient (Wildman–Crippen LogP) is 2.16. The number of nitrogens with one attached hydrogen (secondary N) is 2. The average molecular weight is 260 g/mol. The Morgan fingerprint density at radius 1 is 1.42 bits per heavy atom. The highest BCUT2D eigenvalue weighted by atomic mass is 16.5. The number of fused-ring (bicyclic) bond motifs is 2. The highest BCUT2D eigenvalue weighted by Crippen LogP contribution is 2.34. The Bertz CT molecular complexity index is 475. The summed E-state index contributed by atoms with van der Waals surface area (Å²) in [6, 6.07) is 8.52. The third-order valence-electron chi connectivity index (χ3n) is 4.08. The molecule has 0 aliphatic carbocycles. The molecule has 4 nitrogen and oxygen atoms in total. The number of benzene rings is 1. The Kier molecular flexibility index (Phi) is 3.42. The van der Waals surface area contributed by atoms with Gasteiger partial charge in [-0.05, 0) is 38.3 Å². The number of carbonyl (C=O) groups excluding carboxylic acids is 1. The molecule has 3 rings (SSSR count). The first-order valence-electron chi connectivity index (χ1n) is 7.06. The third kappa shape index (κ3) is 2.45. The molecule has 4 heteroatoms.